The second kappa shape index (κ2) is 4.47. The van der Waals surface area contributed by atoms with Gasteiger partial charge in [0.15, 0.2) is 0 Å². The van der Waals surface area contributed by atoms with E-state index in [1.54, 1.807) is 20.8 Å². The highest BCUT2D eigenvalue weighted by molar-refractivity contribution is 9.10. The number of fused-ring (bicyclic) bond motifs is 1. The van der Waals surface area contributed by atoms with E-state index in [1.807, 2.05) is 0 Å². The molecular formula is C12H16BrNO5. The van der Waals surface area contributed by atoms with Gasteiger partial charge in [0.1, 0.15) is 5.60 Å². The van der Waals surface area contributed by atoms with Crippen LogP contribution in [0.5, 0.6) is 0 Å². The molecule has 4 atom stereocenters. The third-order valence-electron chi connectivity index (χ3n) is 3.21. The number of likely N-dealkylation sites (tertiary alicyclic amines) is 1. The van der Waals surface area contributed by atoms with Crippen LogP contribution in [0.3, 0.4) is 0 Å². The first-order chi connectivity index (χ1) is 8.69. The smallest absolute Gasteiger partial charge is 0.417 e. The highest BCUT2D eigenvalue weighted by Crippen LogP contribution is 2.54. The summed E-state index contributed by atoms with van der Waals surface area (Å²) in [6.07, 6.45) is -0.708. The first-order valence-corrected chi connectivity index (χ1v) is 6.88. The molecule has 0 aromatic rings. The van der Waals surface area contributed by atoms with Crippen molar-refractivity contribution >= 4 is 33.9 Å². The van der Waals surface area contributed by atoms with Crippen molar-refractivity contribution in [3.8, 4) is 0 Å². The molecule has 0 spiro atoms. The fourth-order valence-electron chi connectivity index (χ4n) is 2.41. The summed E-state index contributed by atoms with van der Waals surface area (Å²) in [6, 6.07) is -0.445. The maximum Gasteiger partial charge on any atom is 0.417 e. The van der Waals surface area contributed by atoms with Gasteiger partial charge in [0, 0.05) is 5.92 Å². The van der Waals surface area contributed by atoms with Crippen LogP contribution in [-0.2, 0) is 19.1 Å². The van der Waals surface area contributed by atoms with E-state index in [0.29, 0.717) is 0 Å². The van der Waals surface area contributed by atoms with Gasteiger partial charge < -0.3 is 9.47 Å². The lowest BCUT2D eigenvalue weighted by Gasteiger charge is -2.25. The van der Waals surface area contributed by atoms with Gasteiger partial charge in [-0.3, -0.25) is 9.59 Å². The van der Waals surface area contributed by atoms with E-state index in [1.165, 1.54) is 7.11 Å². The summed E-state index contributed by atoms with van der Waals surface area (Å²) >= 11 is 3.23. The van der Waals surface area contributed by atoms with Crippen LogP contribution in [0.1, 0.15) is 20.8 Å². The zero-order valence-electron chi connectivity index (χ0n) is 11.2. The van der Waals surface area contributed by atoms with E-state index < -0.39 is 34.5 Å². The van der Waals surface area contributed by atoms with Crippen LogP contribution < -0.4 is 0 Å². The van der Waals surface area contributed by atoms with Gasteiger partial charge in [0.2, 0.25) is 5.91 Å². The fraction of sp³-hybridized carbons (Fsp3) is 0.750. The molecule has 1 unspecified atom stereocenters. The van der Waals surface area contributed by atoms with E-state index >= 15 is 0 Å². The number of methoxy groups -OCH3 is 1. The molecule has 0 bridgehead atoms. The van der Waals surface area contributed by atoms with Gasteiger partial charge in [-0.05, 0) is 20.8 Å². The van der Waals surface area contributed by atoms with Crippen molar-refractivity contribution in [1.82, 2.24) is 4.90 Å². The highest BCUT2D eigenvalue weighted by atomic mass is 79.9. The number of amides is 2. The third kappa shape index (κ3) is 2.35. The van der Waals surface area contributed by atoms with Crippen molar-refractivity contribution in [3.05, 3.63) is 0 Å². The number of esters is 1. The average molecular weight is 334 g/mol. The Bertz CT molecular complexity index is 444. The van der Waals surface area contributed by atoms with Crippen molar-refractivity contribution < 1.29 is 23.9 Å². The molecule has 0 radical (unpaired) electrons. The summed E-state index contributed by atoms with van der Waals surface area (Å²) in [7, 11) is 1.29. The van der Waals surface area contributed by atoms with Gasteiger partial charge in [-0.2, -0.15) is 0 Å². The molecule has 0 aromatic heterocycles. The molecule has 1 heterocycles. The SMILES string of the molecule is COC(=O)[C@@H]1[C@H]2C(Br)C(=O)N(C(=O)OC(C)(C)C)[C@@H]12. The van der Waals surface area contributed by atoms with Crippen LogP contribution in [0.15, 0.2) is 0 Å². The minimum Gasteiger partial charge on any atom is -0.469 e. The molecule has 2 fully saturated rings. The standard InChI is InChI=1S/C12H16BrNO5/c1-12(2,3)19-11(17)14-8-5(7(13)9(14)15)6(8)10(16)18-4/h5-8H,1-4H3/t5-,6+,7?,8+/m0/s1. The lowest BCUT2D eigenvalue weighted by Crippen LogP contribution is -2.43. The zero-order chi connectivity index (χ0) is 14.5. The Balaban J connectivity index is 2.15. The maximum absolute atomic E-state index is 12.0. The Hall–Kier alpha value is -1.11. The number of imide groups is 1. The fourth-order valence-corrected chi connectivity index (χ4v) is 3.27. The van der Waals surface area contributed by atoms with Crippen LogP contribution in [0.2, 0.25) is 0 Å². The number of carbonyl (C=O) groups excluding carboxylic acids is 3. The molecule has 1 aliphatic carbocycles. The van der Waals surface area contributed by atoms with E-state index in [0.717, 1.165) is 4.90 Å². The van der Waals surface area contributed by atoms with Gasteiger partial charge in [-0.15, -0.1) is 0 Å². The Morgan fingerprint density at radius 1 is 1.32 bits per heavy atom. The number of carbonyl (C=O) groups is 3. The minimum atomic E-state index is -0.708. The van der Waals surface area contributed by atoms with Crippen LogP contribution in [0.25, 0.3) is 0 Å². The number of alkyl halides is 1. The van der Waals surface area contributed by atoms with Gasteiger partial charge in [0.25, 0.3) is 0 Å². The minimum absolute atomic E-state index is 0.215. The Morgan fingerprint density at radius 3 is 2.37 bits per heavy atom. The number of ether oxygens (including phenoxy) is 2. The molecule has 7 heteroatoms. The molecule has 2 amide bonds. The number of piperidine rings is 1. The lowest BCUT2D eigenvalue weighted by molar-refractivity contribution is -0.143. The number of hydrogen-bond donors (Lipinski definition) is 0. The number of hydrogen-bond acceptors (Lipinski definition) is 5. The molecule has 19 heavy (non-hydrogen) atoms. The monoisotopic (exact) mass is 333 g/mol. The van der Waals surface area contributed by atoms with Crippen molar-refractivity contribution in [1.29, 1.82) is 0 Å². The predicted molar refractivity (Wildman–Crippen MR) is 68.6 cm³/mol. The first kappa shape index (κ1) is 14.3. The average Bonchev–Trinajstić information content (AvgIpc) is 2.93. The molecule has 2 aliphatic rings. The molecule has 0 N–H and O–H groups in total. The van der Waals surface area contributed by atoms with Gasteiger partial charge in [-0.1, -0.05) is 15.9 Å². The molecular weight excluding hydrogens is 318 g/mol. The van der Waals surface area contributed by atoms with Crippen molar-refractivity contribution in [2.24, 2.45) is 11.8 Å². The molecule has 2 rings (SSSR count). The Kier molecular flexibility index (Phi) is 3.36. The highest BCUT2D eigenvalue weighted by Gasteiger charge is 2.71. The Morgan fingerprint density at radius 2 is 1.89 bits per heavy atom. The second-order valence-corrected chi connectivity index (χ2v) is 6.69. The number of halogens is 1. The van der Waals surface area contributed by atoms with E-state index in [4.69, 9.17) is 4.74 Å². The van der Waals surface area contributed by atoms with Gasteiger partial charge in [-0.25, -0.2) is 9.69 Å². The van der Waals surface area contributed by atoms with Crippen LogP contribution >= 0.6 is 15.9 Å². The van der Waals surface area contributed by atoms with Crippen molar-refractivity contribution in [3.63, 3.8) is 0 Å². The summed E-state index contributed by atoms with van der Waals surface area (Å²) < 4.78 is 9.87. The largest absolute Gasteiger partial charge is 0.469 e. The molecule has 1 saturated heterocycles. The molecule has 1 aliphatic heterocycles. The van der Waals surface area contributed by atoms with E-state index in [-0.39, 0.29) is 11.8 Å². The Labute approximate surface area is 119 Å². The third-order valence-corrected chi connectivity index (χ3v) is 4.21. The number of rotatable bonds is 1. The van der Waals surface area contributed by atoms with Gasteiger partial charge >= 0.3 is 12.1 Å². The molecule has 6 nitrogen and oxygen atoms in total. The molecule has 1 saturated carbocycles. The quantitative estimate of drug-likeness (QED) is 0.534. The van der Waals surface area contributed by atoms with Gasteiger partial charge in [0.05, 0.1) is 23.9 Å². The van der Waals surface area contributed by atoms with Crippen LogP contribution in [0.4, 0.5) is 4.79 Å². The summed E-state index contributed by atoms with van der Waals surface area (Å²) in [6.45, 7) is 5.16. The summed E-state index contributed by atoms with van der Waals surface area (Å²) in [4.78, 5) is 36.0. The van der Waals surface area contributed by atoms with E-state index in [2.05, 4.69) is 20.7 Å². The van der Waals surface area contributed by atoms with Crippen molar-refractivity contribution in [2.45, 2.75) is 37.2 Å². The second-order valence-electron chi connectivity index (χ2n) is 5.71. The summed E-state index contributed by atoms with van der Waals surface area (Å²) in [5.41, 5.74) is -0.688. The normalized spacial score (nSPS) is 32.9. The molecule has 0 aromatic carbocycles. The zero-order valence-corrected chi connectivity index (χ0v) is 12.8. The van der Waals surface area contributed by atoms with Crippen LogP contribution in [-0.4, -0.2) is 46.4 Å². The van der Waals surface area contributed by atoms with Crippen LogP contribution in [0, 0.1) is 11.8 Å². The lowest BCUT2D eigenvalue weighted by atomic mass is 10.2. The summed E-state index contributed by atoms with van der Waals surface area (Å²) in [5, 5.41) is 0. The first-order valence-electron chi connectivity index (χ1n) is 5.97. The summed E-state index contributed by atoms with van der Waals surface area (Å²) in [5.74, 6) is -1.42. The molecule has 106 valence electrons. The maximum atomic E-state index is 12.0. The topological polar surface area (TPSA) is 72.9 Å². The van der Waals surface area contributed by atoms with Crippen molar-refractivity contribution in [2.75, 3.05) is 7.11 Å². The number of nitrogens with zero attached hydrogens (tertiary/aromatic N) is 1. The van der Waals surface area contributed by atoms with E-state index in [9.17, 15) is 14.4 Å². The predicted octanol–water partition coefficient (Wildman–Crippen LogP) is 1.31.